The van der Waals surface area contributed by atoms with Gasteiger partial charge in [-0.05, 0) is 18.6 Å². The molecule has 0 N–H and O–H groups in total. The summed E-state index contributed by atoms with van der Waals surface area (Å²) in [7, 11) is 3.23. The Hall–Kier alpha value is -1.81. The van der Waals surface area contributed by atoms with Crippen LogP contribution in [0.1, 0.15) is 18.9 Å². The number of benzene rings is 1. The first-order valence-corrected chi connectivity index (χ1v) is 6.81. The Morgan fingerprint density at radius 2 is 1.95 bits per heavy atom. The van der Waals surface area contributed by atoms with Crippen LogP contribution in [0, 0.1) is 0 Å². The van der Waals surface area contributed by atoms with Crippen LogP contribution < -0.4 is 9.47 Å². The van der Waals surface area contributed by atoms with Crippen LogP contribution in [0.2, 0.25) is 5.15 Å². The number of hydrogen-bond donors (Lipinski definition) is 0. The summed E-state index contributed by atoms with van der Waals surface area (Å²) in [5.41, 5.74) is 2.59. The van der Waals surface area contributed by atoms with E-state index in [4.69, 9.17) is 21.1 Å². The molecule has 5 heteroatoms. The second kappa shape index (κ2) is 6.57. The molecule has 20 heavy (non-hydrogen) atoms. The van der Waals surface area contributed by atoms with Crippen LogP contribution in [0.15, 0.2) is 24.5 Å². The molecular formula is C15H17ClN2O2. The van der Waals surface area contributed by atoms with Gasteiger partial charge in [-0.3, -0.25) is 0 Å². The van der Waals surface area contributed by atoms with Crippen LogP contribution in [0.4, 0.5) is 0 Å². The van der Waals surface area contributed by atoms with Crippen molar-refractivity contribution in [2.24, 2.45) is 0 Å². The van der Waals surface area contributed by atoms with Gasteiger partial charge in [0.1, 0.15) is 11.5 Å². The van der Waals surface area contributed by atoms with Crippen LogP contribution in [0.3, 0.4) is 0 Å². The molecule has 0 atom stereocenters. The molecule has 0 unspecified atom stereocenters. The molecule has 0 fully saturated rings. The predicted molar refractivity (Wildman–Crippen MR) is 79.6 cm³/mol. The molecule has 0 saturated carbocycles. The molecule has 4 nitrogen and oxygen atoms in total. The highest BCUT2D eigenvalue weighted by Crippen LogP contribution is 2.39. The molecule has 0 aliphatic rings. The van der Waals surface area contributed by atoms with E-state index in [1.54, 1.807) is 14.2 Å². The minimum Gasteiger partial charge on any atom is -0.493 e. The molecule has 0 amide bonds. The zero-order valence-electron chi connectivity index (χ0n) is 11.8. The van der Waals surface area contributed by atoms with E-state index in [-0.39, 0.29) is 0 Å². The number of rotatable bonds is 5. The molecule has 106 valence electrons. The van der Waals surface area contributed by atoms with Gasteiger partial charge in [0.15, 0.2) is 11.5 Å². The average Bonchev–Trinajstić information content (AvgIpc) is 2.48. The van der Waals surface area contributed by atoms with Crippen molar-refractivity contribution >= 4 is 11.6 Å². The molecule has 1 aromatic carbocycles. The van der Waals surface area contributed by atoms with Crippen molar-refractivity contribution < 1.29 is 9.47 Å². The number of nitrogens with zero attached hydrogens (tertiary/aromatic N) is 2. The molecule has 0 saturated heterocycles. The first kappa shape index (κ1) is 14.6. The molecule has 0 spiro atoms. The van der Waals surface area contributed by atoms with E-state index in [0.717, 1.165) is 29.7 Å². The highest BCUT2D eigenvalue weighted by Gasteiger charge is 2.17. The van der Waals surface area contributed by atoms with E-state index in [1.165, 1.54) is 6.33 Å². The monoisotopic (exact) mass is 292 g/mol. The van der Waals surface area contributed by atoms with Crippen molar-refractivity contribution in [3.05, 3.63) is 35.2 Å². The number of para-hydroxylation sites is 1. The van der Waals surface area contributed by atoms with Gasteiger partial charge in [-0.1, -0.05) is 31.0 Å². The molecule has 0 aliphatic carbocycles. The molecule has 0 aliphatic heterocycles. The Bertz CT molecular complexity index is 602. The van der Waals surface area contributed by atoms with Crippen molar-refractivity contribution in [3.63, 3.8) is 0 Å². The minimum atomic E-state index is 0.488. The lowest BCUT2D eigenvalue weighted by Crippen LogP contribution is -2.00. The summed E-state index contributed by atoms with van der Waals surface area (Å²) in [6.45, 7) is 2.09. The molecular weight excluding hydrogens is 276 g/mol. The second-order valence-electron chi connectivity index (χ2n) is 4.28. The Kier molecular flexibility index (Phi) is 4.79. The van der Waals surface area contributed by atoms with Crippen LogP contribution in [-0.2, 0) is 6.42 Å². The Morgan fingerprint density at radius 1 is 1.15 bits per heavy atom. The minimum absolute atomic E-state index is 0.488. The Labute approximate surface area is 123 Å². The van der Waals surface area contributed by atoms with E-state index in [1.807, 2.05) is 18.2 Å². The van der Waals surface area contributed by atoms with E-state index in [0.29, 0.717) is 16.7 Å². The van der Waals surface area contributed by atoms with Gasteiger partial charge in [-0.15, -0.1) is 0 Å². The first-order valence-electron chi connectivity index (χ1n) is 6.43. The van der Waals surface area contributed by atoms with Crippen molar-refractivity contribution in [1.29, 1.82) is 0 Å². The second-order valence-corrected chi connectivity index (χ2v) is 4.64. The topological polar surface area (TPSA) is 44.2 Å². The van der Waals surface area contributed by atoms with Crippen molar-refractivity contribution in [2.75, 3.05) is 14.2 Å². The van der Waals surface area contributed by atoms with Crippen molar-refractivity contribution in [1.82, 2.24) is 9.97 Å². The third kappa shape index (κ3) is 2.70. The zero-order valence-corrected chi connectivity index (χ0v) is 12.6. The number of ether oxygens (including phenoxy) is 2. The van der Waals surface area contributed by atoms with E-state index in [9.17, 15) is 0 Å². The molecule has 2 aromatic rings. The van der Waals surface area contributed by atoms with Crippen LogP contribution >= 0.6 is 11.6 Å². The third-order valence-electron chi connectivity index (χ3n) is 3.05. The van der Waals surface area contributed by atoms with Crippen LogP contribution in [0.5, 0.6) is 11.5 Å². The van der Waals surface area contributed by atoms with Gasteiger partial charge in [0.05, 0.1) is 19.9 Å². The summed E-state index contributed by atoms with van der Waals surface area (Å²) in [5.74, 6) is 1.32. The lowest BCUT2D eigenvalue weighted by atomic mass is 10.0. The maximum absolute atomic E-state index is 6.20. The number of aromatic nitrogens is 2. The fourth-order valence-corrected chi connectivity index (χ4v) is 2.40. The summed E-state index contributed by atoms with van der Waals surface area (Å²) in [4.78, 5) is 8.45. The first-order chi connectivity index (χ1) is 9.72. The molecule has 1 heterocycles. The van der Waals surface area contributed by atoms with Crippen LogP contribution in [0.25, 0.3) is 11.3 Å². The number of halogens is 1. The standard InChI is InChI=1S/C15H17ClN2O2/c1-4-6-11-13(17-9-18-15(11)16)10-7-5-8-12(19-2)14(10)20-3/h5,7-9H,4,6H2,1-3H3. The molecule has 0 radical (unpaired) electrons. The summed E-state index contributed by atoms with van der Waals surface area (Å²) in [6, 6.07) is 5.70. The number of hydrogen-bond acceptors (Lipinski definition) is 4. The van der Waals surface area contributed by atoms with Crippen LogP contribution in [-0.4, -0.2) is 24.2 Å². The lowest BCUT2D eigenvalue weighted by Gasteiger charge is -2.14. The van der Waals surface area contributed by atoms with E-state index < -0.39 is 0 Å². The quantitative estimate of drug-likeness (QED) is 0.787. The fourth-order valence-electron chi connectivity index (χ4n) is 2.17. The average molecular weight is 293 g/mol. The van der Waals surface area contributed by atoms with Gasteiger partial charge in [0.2, 0.25) is 0 Å². The smallest absolute Gasteiger partial charge is 0.170 e. The van der Waals surface area contributed by atoms with E-state index >= 15 is 0 Å². The van der Waals surface area contributed by atoms with Crippen molar-refractivity contribution in [3.8, 4) is 22.8 Å². The summed E-state index contributed by atoms with van der Waals surface area (Å²) >= 11 is 6.20. The van der Waals surface area contributed by atoms with Crippen molar-refractivity contribution in [2.45, 2.75) is 19.8 Å². The predicted octanol–water partition coefficient (Wildman–Crippen LogP) is 3.77. The Morgan fingerprint density at radius 3 is 2.60 bits per heavy atom. The summed E-state index contributed by atoms with van der Waals surface area (Å²) in [6.07, 6.45) is 3.25. The van der Waals surface area contributed by atoms with Gasteiger partial charge < -0.3 is 9.47 Å². The zero-order chi connectivity index (χ0) is 14.5. The summed E-state index contributed by atoms with van der Waals surface area (Å²) < 4.78 is 10.8. The largest absolute Gasteiger partial charge is 0.493 e. The highest BCUT2D eigenvalue weighted by molar-refractivity contribution is 6.30. The van der Waals surface area contributed by atoms with Gasteiger partial charge >= 0.3 is 0 Å². The SMILES string of the molecule is CCCc1c(Cl)ncnc1-c1cccc(OC)c1OC. The molecule has 2 rings (SSSR count). The molecule has 1 aromatic heterocycles. The summed E-state index contributed by atoms with van der Waals surface area (Å²) in [5, 5.41) is 0.488. The molecule has 0 bridgehead atoms. The van der Waals surface area contributed by atoms with E-state index in [2.05, 4.69) is 16.9 Å². The van der Waals surface area contributed by atoms with Gasteiger partial charge in [-0.2, -0.15) is 0 Å². The fraction of sp³-hybridized carbons (Fsp3) is 0.333. The maximum atomic E-state index is 6.20. The van der Waals surface area contributed by atoms with Gasteiger partial charge in [0, 0.05) is 11.1 Å². The lowest BCUT2D eigenvalue weighted by molar-refractivity contribution is 0.356. The Balaban J connectivity index is 2.65. The van der Waals surface area contributed by atoms with Gasteiger partial charge in [0.25, 0.3) is 0 Å². The maximum Gasteiger partial charge on any atom is 0.170 e. The number of methoxy groups -OCH3 is 2. The highest BCUT2D eigenvalue weighted by atomic mass is 35.5. The third-order valence-corrected chi connectivity index (χ3v) is 3.38. The van der Waals surface area contributed by atoms with Gasteiger partial charge in [-0.25, -0.2) is 9.97 Å². The normalized spacial score (nSPS) is 10.4.